The highest BCUT2D eigenvalue weighted by atomic mass is 19.1. The van der Waals surface area contributed by atoms with Crippen LogP contribution in [0.25, 0.3) is 11.0 Å². The highest BCUT2D eigenvalue weighted by Gasteiger charge is 2.25. The van der Waals surface area contributed by atoms with Gasteiger partial charge in [-0.05, 0) is 25.0 Å². The third-order valence-corrected chi connectivity index (χ3v) is 4.38. The van der Waals surface area contributed by atoms with Gasteiger partial charge in [0.15, 0.2) is 0 Å². The molecule has 4 rings (SSSR count). The molecular weight excluding hydrogens is 257 g/mol. The van der Waals surface area contributed by atoms with Crippen LogP contribution in [0.4, 0.5) is 4.39 Å². The van der Waals surface area contributed by atoms with Crippen LogP contribution >= 0.6 is 0 Å². The van der Waals surface area contributed by atoms with E-state index in [1.165, 1.54) is 31.4 Å². The molecule has 1 aliphatic heterocycles. The van der Waals surface area contributed by atoms with Gasteiger partial charge in [0.05, 0.1) is 23.7 Å². The fraction of sp³-hybridized carbons (Fsp3) is 0.533. The number of halogens is 1. The summed E-state index contributed by atoms with van der Waals surface area (Å²) in [6.07, 6.45) is 3.88. The molecule has 1 aliphatic carbocycles. The van der Waals surface area contributed by atoms with Crippen molar-refractivity contribution in [2.24, 2.45) is 0 Å². The molecule has 0 saturated heterocycles. The van der Waals surface area contributed by atoms with Crippen molar-refractivity contribution in [2.75, 3.05) is 13.2 Å². The minimum absolute atomic E-state index is 0.238. The first-order valence-corrected chi connectivity index (χ1v) is 7.29. The van der Waals surface area contributed by atoms with Crippen LogP contribution in [-0.4, -0.2) is 28.7 Å². The Balaban J connectivity index is 1.65. The Morgan fingerprint density at radius 2 is 2.30 bits per heavy atom. The largest absolute Gasteiger partial charge is 0.371 e. The minimum atomic E-state index is -0.238. The summed E-state index contributed by atoms with van der Waals surface area (Å²) in [5, 5.41) is 3.59. The van der Waals surface area contributed by atoms with Crippen LogP contribution in [0.5, 0.6) is 0 Å². The van der Waals surface area contributed by atoms with Gasteiger partial charge in [-0.15, -0.1) is 0 Å². The van der Waals surface area contributed by atoms with Crippen LogP contribution in [-0.2, 0) is 11.3 Å². The SMILES string of the molecule is Fc1ccc2c(c1)nc1n2[C@@H](CNC2CCC2)COC1. The first-order valence-electron chi connectivity index (χ1n) is 7.29. The lowest BCUT2D eigenvalue weighted by atomic mass is 9.93. The van der Waals surface area contributed by atoms with Crippen molar-refractivity contribution < 1.29 is 9.13 Å². The van der Waals surface area contributed by atoms with E-state index in [0.717, 1.165) is 23.4 Å². The number of benzene rings is 1. The number of rotatable bonds is 3. The van der Waals surface area contributed by atoms with E-state index < -0.39 is 0 Å². The van der Waals surface area contributed by atoms with Crippen LogP contribution in [0.3, 0.4) is 0 Å². The molecule has 4 nitrogen and oxygen atoms in total. The van der Waals surface area contributed by atoms with Gasteiger partial charge in [0.25, 0.3) is 0 Å². The molecule has 1 aromatic heterocycles. The van der Waals surface area contributed by atoms with E-state index in [9.17, 15) is 4.39 Å². The van der Waals surface area contributed by atoms with Gasteiger partial charge in [-0.25, -0.2) is 9.37 Å². The first kappa shape index (κ1) is 12.3. The molecule has 1 aromatic carbocycles. The highest BCUT2D eigenvalue weighted by Crippen LogP contribution is 2.27. The van der Waals surface area contributed by atoms with Crippen molar-refractivity contribution in [2.45, 2.75) is 38.0 Å². The summed E-state index contributed by atoms with van der Waals surface area (Å²) in [6.45, 7) is 2.09. The molecule has 0 bridgehead atoms. The molecular formula is C15H18FN3O. The van der Waals surface area contributed by atoms with Gasteiger partial charge in [0, 0.05) is 18.7 Å². The Hall–Kier alpha value is -1.46. The monoisotopic (exact) mass is 275 g/mol. The molecule has 0 unspecified atom stereocenters. The van der Waals surface area contributed by atoms with Crippen molar-refractivity contribution in [1.82, 2.24) is 14.9 Å². The zero-order valence-electron chi connectivity index (χ0n) is 11.3. The Bertz CT molecular complexity index is 635. The number of hydrogen-bond donors (Lipinski definition) is 1. The normalized spacial score (nSPS) is 22.8. The summed E-state index contributed by atoms with van der Waals surface area (Å²) >= 11 is 0. The average molecular weight is 275 g/mol. The molecule has 1 N–H and O–H groups in total. The van der Waals surface area contributed by atoms with E-state index >= 15 is 0 Å². The van der Waals surface area contributed by atoms with Crippen molar-refractivity contribution in [1.29, 1.82) is 0 Å². The predicted octanol–water partition coefficient (Wildman–Crippen LogP) is 2.39. The standard InChI is InChI=1S/C15H18FN3O/c16-10-4-5-14-13(6-10)18-15-9-20-8-12(19(14)15)7-17-11-2-1-3-11/h4-6,11-12,17H,1-3,7-9H2/t12-/m0/s1. The second kappa shape index (κ2) is 4.82. The lowest BCUT2D eigenvalue weighted by Crippen LogP contribution is -2.41. The van der Waals surface area contributed by atoms with Crippen LogP contribution in [0.15, 0.2) is 18.2 Å². The van der Waals surface area contributed by atoms with E-state index in [0.29, 0.717) is 19.3 Å². The molecule has 20 heavy (non-hydrogen) atoms. The van der Waals surface area contributed by atoms with Gasteiger partial charge < -0.3 is 14.6 Å². The van der Waals surface area contributed by atoms with Gasteiger partial charge >= 0.3 is 0 Å². The fourth-order valence-electron chi connectivity index (χ4n) is 3.06. The van der Waals surface area contributed by atoms with Gasteiger partial charge in [-0.3, -0.25) is 0 Å². The number of hydrogen-bond acceptors (Lipinski definition) is 3. The van der Waals surface area contributed by atoms with Crippen molar-refractivity contribution in [3.63, 3.8) is 0 Å². The van der Waals surface area contributed by atoms with Crippen LogP contribution in [0.2, 0.25) is 0 Å². The van der Waals surface area contributed by atoms with E-state index in [1.54, 1.807) is 0 Å². The molecule has 0 radical (unpaired) electrons. The first-order chi connectivity index (χ1) is 9.81. The zero-order chi connectivity index (χ0) is 13.5. The smallest absolute Gasteiger partial charge is 0.136 e. The number of imidazole rings is 1. The van der Waals surface area contributed by atoms with Crippen LogP contribution in [0, 0.1) is 5.82 Å². The number of aromatic nitrogens is 2. The van der Waals surface area contributed by atoms with E-state index in [2.05, 4.69) is 14.9 Å². The molecule has 2 heterocycles. The topological polar surface area (TPSA) is 39.1 Å². The zero-order valence-corrected chi connectivity index (χ0v) is 11.3. The fourth-order valence-corrected chi connectivity index (χ4v) is 3.06. The molecule has 0 spiro atoms. The summed E-state index contributed by atoms with van der Waals surface area (Å²) in [5.74, 6) is 0.662. The summed E-state index contributed by atoms with van der Waals surface area (Å²) in [5.41, 5.74) is 1.73. The number of ether oxygens (including phenoxy) is 1. The summed E-state index contributed by atoms with van der Waals surface area (Å²) in [6, 6.07) is 5.73. The summed E-state index contributed by atoms with van der Waals surface area (Å²) in [4.78, 5) is 4.50. The predicted molar refractivity (Wildman–Crippen MR) is 74.0 cm³/mol. The maximum Gasteiger partial charge on any atom is 0.136 e. The average Bonchev–Trinajstić information content (AvgIpc) is 2.74. The number of nitrogens with one attached hydrogen (secondary N) is 1. The molecule has 106 valence electrons. The van der Waals surface area contributed by atoms with E-state index in [-0.39, 0.29) is 11.9 Å². The third-order valence-electron chi connectivity index (χ3n) is 4.38. The lowest BCUT2D eigenvalue weighted by Gasteiger charge is -2.31. The van der Waals surface area contributed by atoms with E-state index in [1.807, 2.05) is 6.07 Å². The van der Waals surface area contributed by atoms with Gasteiger partial charge in [0.1, 0.15) is 18.2 Å². The Morgan fingerprint density at radius 1 is 1.40 bits per heavy atom. The maximum atomic E-state index is 13.3. The molecule has 2 aromatic rings. The van der Waals surface area contributed by atoms with Crippen LogP contribution in [0.1, 0.15) is 31.1 Å². The molecule has 1 saturated carbocycles. The highest BCUT2D eigenvalue weighted by molar-refractivity contribution is 5.76. The Kier molecular flexibility index (Phi) is 2.97. The Morgan fingerprint density at radius 3 is 3.10 bits per heavy atom. The summed E-state index contributed by atoms with van der Waals surface area (Å²) < 4.78 is 21.2. The van der Waals surface area contributed by atoms with Gasteiger partial charge in [-0.1, -0.05) is 6.42 Å². The second-order valence-electron chi connectivity index (χ2n) is 5.74. The molecule has 0 amide bonds. The van der Waals surface area contributed by atoms with Crippen LogP contribution < -0.4 is 5.32 Å². The second-order valence-corrected chi connectivity index (χ2v) is 5.74. The van der Waals surface area contributed by atoms with Gasteiger partial charge in [-0.2, -0.15) is 0 Å². The van der Waals surface area contributed by atoms with E-state index in [4.69, 9.17) is 4.74 Å². The quantitative estimate of drug-likeness (QED) is 0.935. The summed E-state index contributed by atoms with van der Waals surface area (Å²) in [7, 11) is 0. The van der Waals surface area contributed by atoms with Crippen molar-refractivity contribution in [3.05, 3.63) is 29.8 Å². The molecule has 1 fully saturated rings. The van der Waals surface area contributed by atoms with Crippen molar-refractivity contribution in [3.8, 4) is 0 Å². The molecule has 1 atom stereocenters. The lowest BCUT2D eigenvalue weighted by molar-refractivity contribution is 0.0546. The number of nitrogens with zero attached hydrogens (tertiary/aromatic N) is 2. The number of fused-ring (bicyclic) bond motifs is 3. The maximum absolute atomic E-state index is 13.3. The van der Waals surface area contributed by atoms with Gasteiger partial charge in [0.2, 0.25) is 0 Å². The third kappa shape index (κ3) is 2.01. The minimum Gasteiger partial charge on any atom is -0.371 e. The molecule has 2 aliphatic rings. The Labute approximate surface area is 116 Å². The van der Waals surface area contributed by atoms with Crippen molar-refractivity contribution >= 4 is 11.0 Å². The molecule has 5 heteroatoms.